The molecule has 16 heavy (non-hydrogen) atoms. The molecule has 80 valence electrons. The highest BCUT2D eigenvalue weighted by Crippen LogP contribution is 2.18. The van der Waals surface area contributed by atoms with Crippen LogP contribution in [0, 0.1) is 0 Å². The first-order valence-corrected chi connectivity index (χ1v) is 4.93. The monoisotopic (exact) mass is 230 g/mol. The van der Waals surface area contributed by atoms with Gasteiger partial charge in [0, 0.05) is 11.8 Å². The highest BCUT2D eigenvalue weighted by Gasteiger charge is 2.01. The molecule has 2 nitrogen and oxygen atoms in total. The van der Waals surface area contributed by atoms with E-state index in [9.17, 15) is 0 Å². The molecule has 0 atom stereocenters. The van der Waals surface area contributed by atoms with Gasteiger partial charge in [0.25, 0.3) is 0 Å². The standard InChI is InChI=1S/C13H10N2.ClH/c1-2-6-11(7-3-1)13-10-12-8-4-5-9-15(12)14-13;/h1-10H;1H. The van der Waals surface area contributed by atoms with E-state index in [0.29, 0.717) is 0 Å². The summed E-state index contributed by atoms with van der Waals surface area (Å²) in [6.07, 6.45) is 1.96. The number of rotatable bonds is 1. The van der Waals surface area contributed by atoms with Crippen LogP contribution in [0.25, 0.3) is 16.8 Å². The number of benzene rings is 1. The lowest BCUT2D eigenvalue weighted by molar-refractivity contribution is 0.966. The zero-order chi connectivity index (χ0) is 10.1. The summed E-state index contributed by atoms with van der Waals surface area (Å²) in [5.74, 6) is 0. The van der Waals surface area contributed by atoms with Crippen molar-refractivity contribution in [3.05, 3.63) is 60.8 Å². The molecule has 2 heterocycles. The van der Waals surface area contributed by atoms with Gasteiger partial charge in [-0.05, 0) is 18.2 Å². The van der Waals surface area contributed by atoms with Crippen LogP contribution >= 0.6 is 12.4 Å². The smallest absolute Gasteiger partial charge is 0.0933 e. The van der Waals surface area contributed by atoms with Crippen LogP contribution in [0.1, 0.15) is 0 Å². The van der Waals surface area contributed by atoms with E-state index < -0.39 is 0 Å². The second kappa shape index (κ2) is 4.37. The van der Waals surface area contributed by atoms with Crippen LogP contribution in [0.15, 0.2) is 60.8 Å². The van der Waals surface area contributed by atoms with E-state index in [4.69, 9.17) is 0 Å². The third-order valence-electron chi connectivity index (χ3n) is 2.44. The number of hydrogen-bond acceptors (Lipinski definition) is 1. The van der Waals surface area contributed by atoms with Gasteiger partial charge >= 0.3 is 0 Å². The summed E-state index contributed by atoms with van der Waals surface area (Å²) >= 11 is 0. The molecule has 0 aliphatic rings. The molecule has 0 spiro atoms. The van der Waals surface area contributed by atoms with Crippen molar-refractivity contribution in [1.82, 2.24) is 9.61 Å². The molecule has 0 aliphatic carbocycles. The van der Waals surface area contributed by atoms with E-state index in [0.717, 1.165) is 16.8 Å². The molecule has 2 aromatic heterocycles. The molecule has 0 saturated heterocycles. The fourth-order valence-corrected chi connectivity index (χ4v) is 1.69. The van der Waals surface area contributed by atoms with Crippen molar-refractivity contribution < 1.29 is 0 Å². The lowest BCUT2D eigenvalue weighted by atomic mass is 10.1. The van der Waals surface area contributed by atoms with Gasteiger partial charge in [-0.3, -0.25) is 0 Å². The molecule has 0 radical (unpaired) electrons. The molecule has 0 bridgehead atoms. The molecule has 0 aliphatic heterocycles. The number of nitrogens with zero attached hydrogens (tertiary/aromatic N) is 2. The minimum Gasteiger partial charge on any atom is -0.240 e. The van der Waals surface area contributed by atoms with Crippen molar-refractivity contribution in [1.29, 1.82) is 0 Å². The lowest BCUT2D eigenvalue weighted by Crippen LogP contribution is -1.84. The highest BCUT2D eigenvalue weighted by molar-refractivity contribution is 5.85. The zero-order valence-corrected chi connectivity index (χ0v) is 9.39. The summed E-state index contributed by atoms with van der Waals surface area (Å²) in [4.78, 5) is 0. The topological polar surface area (TPSA) is 17.3 Å². The minimum absolute atomic E-state index is 0. The number of halogens is 1. The molecular weight excluding hydrogens is 220 g/mol. The number of hydrogen-bond donors (Lipinski definition) is 0. The molecule has 0 saturated carbocycles. The Kier molecular flexibility index (Phi) is 2.93. The Balaban J connectivity index is 0.000000963. The number of pyridine rings is 1. The van der Waals surface area contributed by atoms with Crippen LogP contribution in [0.3, 0.4) is 0 Å². The quantitative estimate of drug-likeness (QED) is 0.626. The molecule has 3 aromatic rings. The summed E-state index contributed by atoms with van der Waals surface area (Å²) in [6, 6.07) is 18.4. The summed E-state index contributed by atoms with van der Waals surface area (Å²) in [5, 5.41) is 4.50. The molecule has 0 amide bonds. The van der Waals surface area contributed by atoms with Crippen LogP contribution in [0.5, 0.6) is 0 Å². The van der Waals surface area contributed by atoms with Crippen LogP contribution in [0.4, 0.5) is 0 Å². The van der Waals surface area contributed by atoms with E-state index in [2.05, 4.69) is 29.4 Å². The fourth-order valence-electron chi connectivity index (χ4n) is 1.69. The van der Waals surface area contributed by atoms with Crippen molar-refractivity contribution in [2.75, 3.05) is 0 Å². The van der Waals surface area contributed by atoms with Gasteiger partial charge in [-0.2, -0.15) is 5.10 Å². The predicted octanol–water partition coefficient (Wildman–Crippen LogP) is 3.42. The van der Waals surface area contributed by atoms with Gasteiger partial charge in [0.1, 0.15) is 0 Å². The second-order valence-electron chi connectivity index (χ2n) is 3.47. The van der Waals surface area contributed by atoms with Crippen LogP contribution in [0.2, 0.25) is 0 Å². The average Bonchev–Trinajstić information content (AvgIpc) is 2.74. The summed E-state index contributed by atoms with van der Waals surface area (Å²) in [7, 11) is 0. The molecule has 1 aromatic carbocycles. The Hall–Kier alpha value is -1.80. The van der Waals surface area contributed by atoms with E-state index in [1.54, 1.807) is 0 Å². The van der Waals surface area contributed by atoms with Gasteiger partial charge in [0.2, 0.25) is 0 Å². The Morgan fingerprint density at radius 3 is 2.38 bits per heavy atom. The first-order valence-electron chi connectivity index (χ1n) is 4.93. The van der Waals surface area contributed by atoms with Crippen LogP contribution < -0.4 is 0 Å². The first kappa shape index (κ1) is 10.7. The maximum Gasteiger partial charge on any atom is 0.0933 e. The Morgan fingerprint density at radius 1 is 0.875 bits per heavy atom. The van der Waals surface area contributed by atoms with Crippen LogP contribution in [-0.4, -0.2) is 9.61 Å². The van der Waals surface area contributed by atoms with Gasteiger partial charge in [-0.1, -0.05) is 36.4 Å². The highest BCUT2D eigenvalue weighted by atomic mass is 35.5. The van der Waals surface area contributed by atoms with Gasteiger partial charge in [0.15, 0.2) is 0 Å². The number of fused-ring (bicyclic) bond motifs is 1. The Morgan fingerprint density at radius 2 is 1.62 bits per heavy atom. The third kappa shape index (κ3) is 1.79. The normalized spacial score (nSPS) is 10.0. The fraction of sp³-hybridized carbons (Fsp3) is 0. The molecule has 0 N–H and O–H groups in total. The van der Waals surface area contributed by atoms with Crippen molar-refractivity contribution in [3.8, 4) is 11.3 Å². The van der Waals surface area contributed by atoms with Crippen molar-refractivity contribution >= 4 is 17.9 Å². The zero-order valence-electron chi connectivity index (χ0n) is 8.58. The van der Waals surface area contributed by atoms with Gasteiger partial charge < -0.3 is 0 Å². The maximum atomic E-state index is 4.50. The molecule has 0 fully saturated rings. The molecule has 3 heteroatoms. The lowest BCUT2D eigenvalue weighted by Gasteiger charge is -1.92. The van der Waals surface area contributed by atoms with E-state index in [-0.39, 0.29) is 12.4 Å². The van der Waals surface area contributed by atoms with Crippen molar-refractivity contribution in [2.45, 2.75) is 0 Å². The summed E-state index contributed by atoms with van der Waals surface area (Å²) < 4.78 is 1.89. The molecular formula is C13H11ClN2. The summed E-state index contributed by atoms with van der Waals surface area (Å²) in [6.45, 7) is 0. The Labute approximate surface area is 99.9 Å². The van der Waals surface area contributed by atoms with E-state index in [1.807, 2.05) is 41.0 Å². The summed E-state index contributed by atoms with van der Waals surface area (Å²) in [5.41, 5.74) is 3.29. The van der Waals surface area contributed by atoms with Gasteiger partial charge in [-0.15, -0.1) is 12.4 Å². The molecule has 3 rings (SSSR count). The average molecular weight is 231 g/mol. The second-order valence-corrected chi connectivity index (χ2v) is 3.47. The first-order chi connectivity index (χ1) is 7.43. The maximum absolute atomic E-state index is 4.50. The van der Waals surface area contributed by atoms with Crippen molar-refractivity contribution in [3.63, 3.8) is 0 Å². The SMILES string of the molecule is Cl.c1ccc(-c2cc3ccccn3n2)cc1. The Bertz CT molecular complexity index is 554. The largest absolute Gasteiger partial charge is 0.240 e. The molecule has 0 unspecified atom stereocenters. The van der Waals surface area contributed by atoms with E-state index in [1.165, 1.54) is 0 Å². The van der Waals surface area contributed by atoms with Crippen LogP contribution in [-0.2, 0) is 0 Å². The van der Waals surface area contributed by atoms with Crippen molar-refractivity contribution in [2.24, 2.45) is 0 Å². The van der Waals surface area contributed by atoms with Gasteiger partial charge in [-0.25, -0.2) is 4.52 Å². The number of aromatic nitrogens is 2. The van der Waals surface area contributed by atoms with E-state index >= 15 is 0 Å². The predicted molar refractivity (Wildman–Crippen MR) is 67.9 cm³/mol. The van der Waals surface area contributed by atoms with Gasteiger partial charge in [0.05, 0.1) is 11.2 Å². The third-order valence-corrected chi connectivity index (χ3v) is 2.44. The minimum atomic E-state index is 0.